The first-order valence-electron chi connectivity index (χ1n) is 6.30. The number of hydrogen-bond acceptors (Lipinski definition) is 2. The molecule has 6 heteroatoms. The van der Waals surface area contributed by atoms with Crippen LogP contribution in [0, 0.1) is 3.57 Å². The van der Waals surface area contributed by atoms with E-state index in [0.29, 0.717) is 5.69 Å². The molecule has 0 atom stereocenters. The average molecular weight is 393 g/mol. The quantitative estimate of drug-likeness (QED) is 0.483. The van der Waals surface area contributed by atoms with Crippen LogP contribution in [0.3, 0.4) is 0 Å². The molecule has 1 saturated heterocycles. The highest BCUT2D eigenvalue weighted by molar-refractivity contribution is 14.1. The van der Waals surface area contributed by atoms with Gasteiger partial charge in [-0.05, 0) is 65.1 Å². The Morgan fingerprint density at radius 1 is 1.14 bits per heavy atom. The first-order chi connectivity index (χ1) is 10.1. The lowest BCUT2D eigenvalue weighted by Gasteiger charge is -2.14. The molecule has 5 nitrogen and oxygen atoms in total. The number of hydrogen-bond donors (Lipinski definition) is 1. The van der Waals surface area contributed by atoms with Crippen molar-refractivity contribution in [3.05, 3.63) is 57.4 Å². The Bertz CT molecular complexity index is 747. The normalized spacial score (nSPS) is 16.7. The molecular formula is C15H12IN3O2. The molecule has 0 spiro atoms. The number of hydrazine groups is 1. The fraction of sp³-hybridized carbons (Fsp3) is 0.0667. The highest BCUT2D eigenvalue weighted by atomic mass is 127. The molecule has 21 heavy (non-hydrogen) atoms. The van der Waals surface area contributed by atoms with E-state index in [4.69, 9.17) is 0 Å². The van der Waals surface area contributed by atoms with Crippen molar-refractivity contribution < 1.29 is 9.59 Å². The number of carbonyl (C=O) groups excluding carboxylic acids is 2. The van der Waals surface area contributed by atoms with Gasteiger partial charge < -0.3 is 4.57 Å². The van der Waals surface area contributed by atoms with Gasteiger partial charge in [-0.3, -0.25) is 15.0 Å². The number of aromatic nitrogens is 1. The summed E-state index contributed by atoms with van der Waals surface area (Å²) >= 11 is 2.19. The first kappa shape index (κ1) is 13.9. The Kier molecular flexibility index (Phi) is 3.54. The van der Waals surface area contributed by atoms with E-state index < -0.39 is 0 Å². The third kappa shape index (κ3) is 2.58. The van der Waals surface area contributed by atoms with Crippen molar-refractivity contribution in [2.24, 2.45) is 7.05 Å². The summed E-state index contributed by atoms with van der Waals surface area (Å²) in [4.78, 5) is 24.4. The van der Waals surface area contributed by atoms with Gasteiger partial charge in [0.05, 0.1) is 5.69 Å². The molecule has 1 fully saturated rings. The summed E-state index contributed by atoms with van der Waals surface area (Å²) in [6, 6.07) is 11.1. The van der Waals surface area contributed by atoms with Crippen molar-refractivity contribution in [3.63, 3.8) is 0 Å². The van der Waals surface area contributed by atoms with Gasteiger partial charge in [-0.2, -0.15) is 0 Å². The smallest absolute Gasteiger partial charge is 0.282 e. The molecule has 0 bridgehead atoms. The SMILES string of the molecule is Cn1cccc1C=C1C(=O)NN(c2ccc(I)cc2)C1=O. The van der Waals surface area contributed by atoms with Crippen LogP contribution in [0.5, 0.6) is 0 Å². The average Bonchev–Trinajstić information content (AvgIpc) is 2.98. The van der Waals surface area contributed by atoms with E-state index in [0.717, 1.165) is 9.26 Å². The zero-order valence-electron chi connectivity index (χ0n) is 11.2. The van der Waals surface area contributed by atoms with Crippen LogP contribution in [0.2, 0.25) is 0 Å². The maximum Gasteiger partial charge on any atom is 0.282 e. The van der Waals surface area contributed by atoms with E-state index in [2.05, 4.69) is 28.0 Å². The number of nitrogens with zero attached hydrogens (tertiary/aromatic N) is 2. The van der Waals surface area contributed by atoms with Crippen LogP contribution in [-0.2, 0) is 16.6 Å². The molecule has 106 valence electrons. The Hall–Kier alpha value is -2.09. The van der Waals surface area contributed by atoms with Crippen molar-refractivity contribution in [3.8, 4) is 0 Å². The maximum atomic E-state index is 12.4. The monoisotopic (exact) mass is 393 g/mol. The molecule has 1 aliphatic heterocycles. The van der Waals surface area contributed by atoms with Crippen molar-refractivity contribution in [1.29, 1.82) is 0 Å². The third-order valence-electron chi connectivity index (χ3n) is 3.25. The second kappa shape index (κ2) is 5.36. The van der Waals surface area contributed by atoms with Crippen LogP contribution < -0.4 is 10.4 Å². The topological polar surface area (TPSA) is 54.3 Å². The van der Waals surface area contributed by atoms with Crippen LogP contribution in [-0.4, -0.2) is 16.4 Å². The van der Waals surface area contributed by atoms with Gasteiger partial charge in [0.1, 0.15) is 5.57 Å². The largest absolute Gasteiger partial charge is 0.351 e. The third-order valence-corrected chi connectivity index (χ3v) is 3.97. The summed E-state index contributed by atoms with van der Waals surface area (Å²) in [5.74, 6) is -0.734. The van der Waals surface area contributed by atoms with Crippen molar-refractivity contribution in [1.82, 2.24) is 9.99 Å². The number of halogens is 1. The molecular weight excluding hydrogens is 381 g/mol. The van der Waals surface area contributed by atoms with Gasteiger partial charge in [0.15, 0.2) is 0 Å². The summed E-state index contributed by atoms with van der Waals surface area (Å²) in [5.41, 5.74) is 4.17. The molecule has 1 aliphatic rings. The summed E-state index contributed by atoms with van der Waals surface area (Å²) in [5, 5.41) is 1.27. The highest BCUT2D eigenvalue weighted by Gasteiger charge is 2.34. The van der Waals surface area contributed by atoms with Crippen molar-refractivity contribution in [2.75, 3.05) is 5.01 Å². The van der Waals surface area contributed by atoms with Crippen LogP contribution in [0.25, 0.3) is 6.08 Å². The molecule has 1 aromatic carbocycles. The van der Waals surface area contributed by atoms with E-state index in [1.807, 2.05) is 42.1 Å². The Morgan fingerprint density at radius 3 is 2.48 bits per heavy atom. The molecule has 0 radical (unpaired) electrons. The minimum absolute atomic E-state index is 0.135. The van der Waals surface area contributed by atoms with Gasteiger partial charge in [0.25, 0.3) is 11.8 Å². The van der Waals surface area contributed by atoms with Gasteiger partial charge in [0, 0.05) is 22.5 Å². The lowest BCUT2D eigenvalue weighted by Crippen LogP contribution is -2.35. The number of nitrogens with one attached hydrogen (secondary N) is 1. The van der Waals surface area contributed by atoms with E-state index in [-0.39, 0.29) is 17.4 Å². The number of rotatable bonds is 2. The standard InChI is InChI=1S/C15H12IN3O2/c1-18-8-2-3-12(18)9-13-14(20)17-19(15(13)21)11-6-4-10(16)5-7-11/h2-9H,1H3,(H,17,20). The summed E-state index contributed by atoms with van der Waals surface area (Å²) in [6.07, 6.45) is 3.46. The predicted molar refractivity (Wildman–Crippen MR) is 88.2 cm³/mol. The fourth-order valence-corrected chi connectivity index (χ4v) is 2.46. The van der Waals surface area contributed by atoms with Crippen LogP contribution >= 0.6 is 22.6 Å². The Morgan fingerprint density at radius 2 is 1.86 bits per heavy atom. The van der Waals surface area contributed by atoms with Gasteiger partial charge >= 0.3 is 0 Å². The van der Waals surface area contributed by atoms with E-state index in [1.54, 1.807) is 18.2 Å². The zero-order valence-corrected chi connectivity index (χ0v) is 13.4. The molecule has 0 unspecified atom stereocenters. The second-order valence-corrected chi connectivity index (χ2v) is 5.91. The van der Waals surface area contributed by atoms with Crippen molar-refractivity contribution in [2.45, 2.75) is 0 Å². The number of carbonyl (C=O) groups is 2. The zero-order chi connectivity index (χ0) is 15.0. The van der Waals surface area contributed by atoms with Crippen molar-refractivity contribution >= 4 is 46.2 Å². The minimum atomic E-state index is -0.389. The minimum Gasteiger partial charge on any atom is -0.351 e. The Balaban J connectivity index is 1.94. The van der Waals surface area contributed by atoms with Gasteiger partial charge in [0.2, 0.25) is 0 Å². The fourth-order valence-electron chi connectivity index (χ4n) is 2.10. The first-order valence-corrected chi connectivity index (χ1v) is 7.38. The predicted octanol–water partition coefficient (Wildman–Crippen LogP) is 2.09. The summed E-state index contributed by atoms with van der Waals surface area (Å²) in [6.45, 7) is 0. The van der Waals surface area contributed by atoms with Gasteiger partial charge in [-0.1, -0.05) is 0 Å². The van der Waals surface area contributed by atoms with E-state index in [1.165, 1.54) is 5.01 Å². The van der Waals surface area contributed by atoms with Crippen LogP contribution in [0.1, 0.15) is 5.69 Å². The van der Waals surface area contributed by atoms with Gasteiger partial charge in [-0.15, -0.1) is 0 Å². The number of aryl methyl sites for hydroxylation is 1. The number of benzene rings is 1. The molecule has 2 aromatic rings. The molecule has 1 N–H and O–H groups in total. The van der Waals surface area contributed by atoms with E-state index in [9.17, 15) is 9.59 Å². The lowest BCUT2D eigenvalue weighted by atomic mass is 10.2. The highest BCUT2D eigenvalue weighted by Crippen LogP contribution is 2.22. The van der Waals surface area contributed by atoms with Gasteiger partial charge in [-0.25, -0.2) is 5.01 Å². The second-order valence-electron chi connectivity index (χ2n) is 4.66. The molecule has 0 aliphatic carbocycles. The molecule has 3 rings (SSSR count). The lowest BCUT2D eigenvalue weighted by molar-refractivity contribution is -0.117. The molecule has 0 saturated carbocycles. The summed E-state index contributed by atoms with van der Waals surface area (Å²) < 4.78 is 2.91. The number of amides is 2. The van der Waals surface area contributed by atoms with Crippen LogP contribution in [0.4, 0.5) is 5.69 Å². The molecule has 2 heterocycles. The van der Waals surface area contributed by atoms with E-state index >= 15 is 0 Å². The molecule has 2 amide bonds. The Labute approximate surface area is 135 Å². The maximum absolute atomic E-state index is 12.4. The summed E-state index contributed by atoms with van der Waals surface area (Å²) in [7, 11) is 1.86. The van der Waals surface area contributed by atoms with Crippen LogP contribution in [0.15, 0.2) is 48.2 Å². The number of anilines is 1. The molecule has 1 aromatic heterocycles.